The van der Waals surface area contributed by atoms with Gasteiger partial charge < -0.3 is 35.0 Å². The number of aliphatic hydroxyl groups excluding tert-OH is 4. The zero-order valence-electron chi connectivity index (χ0n) is 13.7. The Kier molecular flexibility index (Phi) is 7.96. The van der Waals surface area contributed by atoms with Crippen molar-refractivity contribution in [1.29, 1.82) is 0 Å². The van der Waals surface area contributed by atoms with Gasteiger partial charge in [-0.1, -0.05) is 34.8 Å². The number of halogens is 3. The molecule has 2 aromatic carbocycles. The molecule has 0 saturated carbocycles. The first-order valence-corrected chi connectivity index (χ1v) is 8.77. The van der Waals surface area contributed by atoms with Crippen LogP contribution in [0.4, 0.5) is 0 Å². The molecule has 0 aliphatic carbocycles. The zero-order valence-corrected chi connectivity index (χ0v) is 15.9. The first-order valence-electron chi connectivity index (χ1n) is 7.64. The van der Waals surface area contributed by atoms with Gasteiger partial charge in [0.25, 0.3) is 0 Å². The van der Waals surface area contributed by atoms with Crippen molar-refractivity contribution >= 4 is 34.8 Å². The maximum absolute atomic E-state index is 9.62. The van der Waals surface area contributed by atoms with Crippen molar-refractivity contribution in [2.24, 2.45) is 0 Å². The molecular weight excluding hydrogens is 423 g/mol. The van der Waals surface area contributed by atoms with Gasteiger partial charge in [-0.2, -0.15) is 0 Å². The van der Waals surface area contributed by atoms with Gasteiger partial charge in [0.2, 0.25) is 0 Å². The van der Waals surface area contributed by atoms with Crippen LogP contribution in [-0.4, -0.2) is 56.7 Å². The number of phenols is 1. The number of rotatable bonds is 2. The van der Waals surface area contributed by atoms with Crippen LogP contribution in [0.1, 0.15) is 0 Å². The van der Waals surface area contributed by atoms with Crippen LogP contribution in [0.15, 0.2) is 36.4 Å². The fourth-order valence-corrected chi connectivity index (χ4v) is 2.66. The number of phenolic OH excluding ortho intramolecular Hbond substituents is 1. The molecule has 7 nitrogen and oxygen atoms in total. The summed E-state index contributed by atoms with van der Waals surface area (Å²) in [5, 5.41) is 46.2. The molecule has 0 bridgehead atoms. The Morgan fingerprint density at radius 2 is 1.44 bits per heavy atom. The minimum Gasteiger partial charge on any atom is -0.504 e. The predicted octanol–water partition coefficient (Wildman–Crippen LogP) is 2.56. The Bertz CT molecular complexity index is 711. The van der Waals surface area contributed by atoms with Gasteiger partial charge in [-0.15, -0.1) is 0 Å². The SMILES string of the molecule is O[C@H]1[C@H](O)[C@@H](O)OC[C@H]1O.Oc1cc(Cl)ccc1Oc1ccc(Cl)cc1Cl. The second-order valence-corrected chi connectivity index (χ2v) is 6.84. The molecule has 1 aliphatic rings. The van der Waals surface area contributed by atoms with E-state index in [9.17, 15) is 5.11 Å². The smallest absolute Gasteiger partial charge is 0.183 e. The fourth-order valence-electron chi connectivity index (χ4n) is 2.04. The van der Waals surface area contributed by atoms with Gasteiger partial charge in [0.05, 0.1) is 11.6 Å². The highest BCUT2D eigenvalue weighted by Crippen LogP contribution is 2.36. The van der Waals surface area contributed by atoms with Gasteiger partial charge in [0.15, 0.2) is 17.8 Å². The van der Waals surface area contributed by atoms with Crippen LogP contribution in [0.3, 0.4) is 0 Å². The molecule has 1 heterocycles. The van der Waals surface area contributed by atoms with E-state index in [4.69, 9.17) is 60.0 Å². The summed E-state index contributed by atoms with van der Waals surface area (Å²) >= 11 is 17.4. The average Bonchev–Trinajstić information content (AvgIpc) is 2.61. The first-order chi connectivity index (χ1) is 12.7. The summed E-state index contributed by atoms with van der Waals surface area (Å²) in [4.78, 5) is 0. The molecule has 0 unspecified atom stereocenters. The molecule has 2 aromatic rings. The Hall–Kier alpha value is -1.29. The van der Waals surface area contributed by atoms with Crippen molar-refractivity contribution in [3.05, 3.63) is 51.5 Å². The molecule has 4 atom stereocenters. The number of hydrogen-bond donors (Lipinski definition) is 5. The van der Waals surface area contributed by atoms with Crippen molar-refractivity contribution in [1.82, 2.24) is 0 Å². The average molecular weight is 440 g/mol. The van der Waals surface area contributed by atoms with Crippen molar-refractivity contribution in [3.63, 3.8) is 0 Å². The van der Waals surface area contributed by atoms with Crippen LogP contribution in [0.25, 0.3) is 0 Å². The van der Waals surface area contributed by atoms with Crippen molar-refractivity contribution in [2.45, 2.75) is 24.6 Å². The van der Waals surface area contributed by atoms with E-state index >= 15 is 0 Å². The molecule has 10 heteroatoms. The quantitative estimate of drug-likeness (QED) is 0.488. The lowest BCUT2D eigenvalue weighted by molar-refractivity contribution is -0.252. The van der Waals surface area contributed by atoms with Crippen molar-refractivity contribution < 1.29 is 35.0 Å². The fraction of sp³-hybridized carbons (Fsp3) is 0.294. The van der Waals surface area contributed by atoms with Crippen LogP contribution in [0.5, 0.6) is 17.2 Å². The molecular formula is C17H17Cl3O7. The Morgan fingerprint density at radius 3 is 2.00 bits per heavy atom. The highest BCUT2D eigenvalue weighted by atomic mass is 35.5. The third kappa shape index (κ3) is 6.10. The Morgan fingerprint density at radius 1 is 0.852 bits per heavy atom. The van der Waals surface area contributed by atoms with E-state index in [0.717, 1.165) is 0 Å². The first kappa shape index (κ1) is 22.0. The van der Waals surface area contributed by atoms with Crippen LogP contribution in [0, 0.1) is 0 Å². The lowest BCUT2D eigenvalue weighted by atomic mass is 10.1. The number of benzene rings is 2. The molecule has 0 amide bonds. The highest BCUT2D eigenvalue weighted by Gasteiger charge is 2.36. The third-order valence-electron chi connectivity index (χ3n) is 3.51. The summed E-state index contributed by atoms with van der Waals surface area (Å²) in [6.07, 6.45) is -5.23. The minimum absolute atomic E-state index is 0.0523. The normalized spacial score (nSPS) is 24.7. The predicted molar refractivity (Wildman–Crippen MR) is 99.6 cm³/mol. The number of aromatic hydroxyl groups is 1. The second-order valence-electron chi connectivity index (χ2n) is 5.56. The van der Waals surface area contributed by atoms with Crippen LogP contribution >= 0.6 is 34.8 Å². The van der Waals surface area contributed by atoms with E-state index in [1.54, 1.807) is 30.3 Å². The molecule has 27 heavy (non-hydrogen) atoms. The maximum atomic E-state index is 9.62. The summed E-state index contributed by atoms with van der Waals surface area (Å²) in [5.41, 5.74) is 0. The standard InChI is InChI=1S/C12H7Cl3O2.C5H10O5/c13-7-1-3-11(9(15)5-7)17-12-4-2-8(14)6-10(12)16;6-2-1-10-5(9)4(8)3(2)7/h1-6,16H;2-9H,1H2/t;2-,3-,4+,5+/m.1/s1. The maximum Gasteiger partial charge on any atom is 0.183 e. The number of hydrogen-bond acceptors (Lipinski definition) is 7. The Balaban J connectivity index is 0.000000223. The van der Waals surface area contributed by atoms with Crippen molar-refractivity contribution in [2.75, 3.05) is 6.61 Å². The Labute approximate surface area is 169 Å². The topological polar surface area (TPSA) is 120 Å². The monoisotopic (exact) mass is 438 g/mol. The molecule has 1 fully saturated rings. The van der Waals surface area contributed by atoms with Gasteiger partial charge in [-0.3, -0.25) is 0 Å². The third-order valence-corrected chi connectivity index (χ3v) is 4.27. The summed E-state index contributed by atoms with van der Waals surface area (Å²) in [6, 6.07) is 9.39. The zero-order chi connectivity index (χ0) is 20.1. The van der Waals surface area contributed by atoms with Gasteiger partial charge in [0, 0.05) is 16.1 Å². The van der Waals surface area contributed by atoms with E-state index in [1.165, 1.54) is 6.07 Å². The van der Waals surface area contributed by atoms with E-state index in [0.29, 0.717) is 20.8 Å². The van der Waals surface area contributed by atoms with Crippen LogP contribution < -0.4 is 4.74 Å². The van der Waals surface area contributed by atoms with Gasteiger partial charge in [-0.05, 0) is 30.3 Å². The van der Waals surface area contributed by atoms with E-state index in [2.05, 4.69) is 4.74 Å². The van der Waals surface area contributed by atoms with E-state index in [1.807, 2.05) is 0 Å². The summed E-state index contributed by atoms with van der Waals surface area (Å²) in [7, 11) is 0. The van der Waals surface area contributed by atoms with E-state index < -0.39 is 24.6 Å². The van der Waals surface area contributed by atoms with Gasteiger partial charge in [0.1, 0.15) is 24.1 Å². The molecule has 0 spiro atoms. The lowest BCUT2D eigenvalue weighted by Crippen LogP contribution is -2.52. The van der Waals surface area contributed by atoms with Gasteiger partial charge >= 0.3 is 0 Å². The van der Waals surface area contributed by atoms with E-state index in [-0.39, 0.29) is 18.1 Å². The van der Waals surface area contributed by atoms with Crippen molar-refractivity contribution in [3.8, 4) is 17.2 Å². The lowest BCUT2D eigenvalue weighted by Gasteiger charge is -2.31. The molecule has 148 valence electrons. The second kappa shape index (κ2) is 9.77. The van der Waals surface area contributed by atoms with Crippen LogP contribution in [0.2, 0.25) is 15.1 Å². The molecule has 1 saturated heterocycles. The van der Waals surface area contributed by atoms with Crippen LogP contribution in [-0.2, 0) is 4.74 Å². The molecule has 0 radical (unpaired) electrons. The highest BCUT2D eigenvalue weighted by molar-refractivity contribution is 6.35. The van der Waals surface area contributed by atoms with Gasteiger partial charge in [-0.25, -0.2) is 0 Å². The molecule has 1 aliphatic heterocycles. The summed E-state index contributed by atoms with van der Waals surface area (Å²) < 4.78 is 9.92. The molecule has 0 aromatic heterocycles. The number of ether oxygens (including phenoxy) is 2. The largest absolute Gasteiger partial charge is 0.504 e. The molecule has 5 N–H and O–H groups in total. The minimum atomic E-state index is -1.41. The number of aliphatic hydroxyl groups is 4. The summed E-state index contributed by atoms with van der Waals surface area (Å²) in [6.45, 7) is -0.153. The summed E-state index contributed by atoms with van der Waals surface area (Å²) in [5.74, 6) is 0.635. The molecule has 3 rings (SSSR count).